The van der Waals surface area contributed by atoms with Gasteiger partial charge in [0, 0.05) is 31.2 Å². The lowest BCUT2D eigenvalue weighted by atomic mass is 9.80. The van der Waals surface area contributed by atoms with E-state index in [0.29, 0.717) is 57.4 Å². The number of hydrogen-bond donors (Lipinski definition) is 4. The Labute approximate surface area is 386 Å². The molecule has 0 bridgehead atoms. The molecule has 9 atom stereocenters. The molecule has 16 heteroatoms. The van der Waals surface area contributed by atoms with E-state index >= 15 is 0 Å². The molecule has 4 saturated heterocycles. The number of benzene rings is 2. The first-order valence-electron chi connectivity index (χ1n) is 23.8. The fourth-order valence-corrected chi connectivity index (χ4v) is 11.5. The molecule has 9 rings (SSSR count). The van der Waals surface area contributed by atoms with Gasteiger partial charge in [0.15, 0.2) is 0 Å². The van der Waals surface area contributed by atoms with E-state index in [4.69, 9.17) is 28.9 Å². The first kappa shape index (κ1) is 45.4. The summed E-state index contributed by atoms with van der Waals surface area (Å²) < 4.78 is 21.7. The van der Waals surface area contributed by atoms with E-state index in [1.54, 1.807) is 0 Å². The molecule has 1 spiro atoms. The SMILES string of the molecule is COC(=O)N[C@H](C(=O)N1[C@H](c2ncc(-c3ccc(-c4ccc(-c5cnc([C@@H]6C[C@@]7(CCCOC7)CN6C(=O)[C@@H](NC(=O)OC)C6CCO[C@H](C)C6)[nH]5)cc4)cc3)[nH]2)C[C@@H]2CCC[C@@H]21)C(C)C. The maximum atomic E-state index is 14.7. The maximum absolute atomic E-state index is 14.7. The molecule has 5 aliphatic rings. The molecule has 5 fully saturated rings. The molecule has 1 unspecified atom stereocenters. The zero-order valence-corrected chi connectivity index (χ0v) is 38.7. The first-order chi connectivity index (χ1) is 31.9. The van der Waals surface area contributed by atoms with Crippen molar-refractivity contribution in [1.82, 2.24) is 40.4 Å². The summed E-state index contributed by atoms with van der Waals surface area (Å²) in [5, 5.41) is 5.67. The topological polar surface area (TPSA) is 193 Å². The van der Waals surface area contributed by atoms with E-state index in [1.807, 2.05) is 43.0 Å². The molecular formula is C50H64N8O8. The van der Waals surface area contributed by atoms with Crippen molar-refractivity contribution in [2.75, 3.05) is 40.6 Å². The second-order valence-corrected chi connectivity index (χ2v) is 19.6. The average molecular weight is 905 g/mol. The van der Waals surface area contributed by atoms with E-state index in [9.17, 15) is 19.2 Å². The van der Waals surface area contributed by atoms with Crippen molar-refractivity contribution in [2.45, 2.75) is 115 Å². The Hall–Kier alpha value is -5.74. The summed E-state index contributed by atoms with van der Waals surface area (Å²) in [5.41, 5.74) is 5.60. The quantitative estimate of drug-likeness (QED) is 0.117. The molecule has 4 aliphatic heterocycles. The number of rotatable bonds is 11. The number of hydrogen-bond acceptors (Lipinski definition) is 10. The van der Waals surface area contributed by atoms with E-state index in [1.165, 1.54) is 14.2 Å². The number of imidazole rings is 2. The van der Waals surface area contributed by atoms with Crippen LogP contribution in [0.4, 0.5) is 9.59 Å². The van der Waals surface area contributed by atoms with Crippen LogP contribution in [0.2, 0.25) is 0 Å². The highest BCUT2D eigenvalue weighted by Gasteiger charge is 2.52. The van der Waals surface area contributed by atoms with Crippen LogP contribution < -0.4 is 10.6 Å². The number of likely N-dealkylation sites (tertiary alicyclic amines) is 2. The molecule has 2 aromatic carbocycles. The normalized spacial score (nSPS) is 27.1. The Morgan fingerprint density at radius 3 is 1.98 bits per heavy atom. The maximum Gasteiger partial charge on any atom is 0.407 e. The molecule has 4 aromatic rings. The number of aromatic amines is 2. The molecule has 16 nitrogen and oxygen atoms in total. The number of H-pyrrole nitrogens is 2. The summed E-state index contributed by atoms with van der Waals surface area (Å²) in [4.78, 5) is 74.4. The van der Waals surface area contributed by atoms with Gasteiger partial charge in [-0.3, -0.25) is 9.59 Å². The number of aromatic nitrogens is 4. The highest BCUT2D eigenvalue weighted by Crippen LogP contribution is 2.49. The van der Waals surface area contributed by atoms with Crippen molar-refractivity contribution >= 4 is 24.0 Å². The van der Waals surface area contributed by atoms with Crippen LogP contribution in [0, 0.1) is 23.2 Å². The average Bonchev–Trinajstić information content (AvgIpc) is 4.19. The first-order valence-corrected chi connectivity index (χ1v) is 23.8. The third-order valence-electron chi connectivity index (χ3n) is 14.9. The summed E-state index contributed by atoms with van der Waals surface area (Å²) in [6, 6.07) is 14.9. The van der Waals surface area contributed by atoms with Gasteiger partial charge >= 0.3 is 12.2 Å². The van der Waals surface area contributed by atoms with Crippen molar-refractivity contribution in [3.05, 3.63) is 72.6 Å². The van der Waals surface area contributed by atoms with Gasteiger partial charge in [-0.05, 0) is 98.3 Å². The number of methoxy groups -OCH3 is 2. The van der Waals surface area contributed by atoms with Crippen LogP contribution >= 0.6 is 0 Å². The van der Waals surface area contributed by atoms with Crippen molar-refractivity contribution in [1.29, 1.82) is 0 Å². The number of amides is 4. The number of carbonyl (C=O) groups is 4. The van der Waals surface area contributed by atoms with Gasteiger partial charge in [0.2, 0.25) is 11.8 Å². The Morgan fingerprint density at radius 2 is 1.39 bits per heavy atom. The van der Waals surface area contributed by atoms with Crippen LogP contribution in [0.5, 0.6) is 0 Å². The zero-order chi connectivity index (χ0) is 46.1. The summed E-state index contributed by atoms with van der Waals surface area (Å²) in [5.74, 6) is 1.45. The Bertz CT molecular complexity index is 2360. The number of nitrogens with one attached hydrogen (secondary N) is 4. The molecule has 2 aromatic heterocycles. The molecule has 0 radical (unpaired) electrons. The van der Waals surface area contributed by atoms with Gasteiger partial charge in [0.05, 0.1) is 62.8 Å². The van der Waals surface area contributed by atoms with Crippen molar-refractivity contribution in [2.24, 2.45) is 23.2 Å². The van der Waals surface area contributed by atoms with Crippen molar-refractivity contribution in [3.63, 3.8) is 0 Å². The molecular weight excluding hydrogens is 841 g/mol. The van der Waals surface area contributed by atoms with E-state index < -0.39 is 24.3 Å². The number of alkyl carbamates (subject to hydrolysis) is 2. The number of carbonyl (C=O) groups excluding carboxylic acids is 4. The zero-order valence-electron chi connectivity index (χ0n) is 38.7. The molecule has 4 N–H and O–H groups in total. The van der Waals surface area contributed by atoms with E-state index in [-0.39, 0.29) is 53.3 Å². The fourth-order valence-electron chi connectivity index (χ4n) is 11.5. The molecule has 1 aliphatic carbocycles. The van der Waals surface area contributed by atoms with Crippen LogP contribution in [-0.4, -0.2) is 119 Å². The van der Waals surface area contributed by atoms with Gasteiger partial charge in [-0.25, -0.2) is 19.6 Å². The number of fused-ring (bicyclic) bond motifs is 1. The highest BCUT2D eigenvalue weighted by molar-refractivity contribution is 5.87. The van der Waals surface area contributed by atoms with Crippen LogP contribution in [0.25, 0.3) is 33.6 Å². The molecule has 1 saturated carbocycles. The summed E-state index contributed by atoms with van der Waals surface area (Å²) in [7, 11) is 2.63. The third kappa shape index (κ3) is 9.18. The predicted molar refractivity (Wildman–Crippen MR) is 246 cm³/mol. The lowest BCUT2D eigenvalue weighted by Gasteiger charge is -2.37. The molecule has 4 amide bonds. The van der Waals surface area contributed by atoms with E-state index in [0.717, 1.165) is 78.0 Å². The minimum Gasteiger partial charge on any atom is -0.453 e. The molecule has 66 heavy (non-hydrogen) atoms. The Kier molecular flexibility index (Phi) is 13.2. The molecule has 352 valence electrons. The largest absolute Gasteiger partial charge is 0.453 e. The lowest BCUT2D eigenvalue weighted by Crippen LogP contribution is -2.54. The van der Waals surface area contributed by atoms with Gasteiger partial charge in [-0.2, -0.15) is 0 Å². The third-order valence-corrected chi connectivity index (χ3v) is 14.9. The van der Waals surface area contributed by atoms with Crippen LogP contribution in [0.1, 0.15) is 102 Å². The second kappa shape index (κ2) is 19.2. The van der Waals surface area contributed by atoms with Gasteiger partial charge < -0.3 is 49.3 Å². The monoisotopic (exact) mass is 904 g/mol. The van der Waals surface area contributed by atoms with Crippen molar-refractivity contribution < 1.29 is 38.1 Å². The van der Waals surface area contributed by atoms with Gasteiger partial charge in [0.25, 0.3) is 0 Å². The highest BCUT2D eigenvalue weighted by atomic mass is 16.5. The number of nitrogens with zero attached hydrogens (tertiary/aromatic N) is 4. The van der Waals surface area contributed by atoms with Crippen molar-refractivity contribution in [3.8, 4) is 33.6 Å². The van der Waals surface area contributed by atoms with Gasteiger partial charge in [0.1, 0.15) is 23.7 Å². The Morgan fingerprint density at radius 1 is 0.773 bits per heavy atom. The van der Waals surface area contributed by atoms with Crippen LogP contribution in [-0.2, 0) is 28.5 Å². The van der Waals surface area contributed by atoms with E-state index in [2.05, 4.69) is 69.1 Å². The minimum atomic E-state index is -0.749. The summed E-state index contributed by atoms with van der Waals surface area (Å²) >= 11 is 0. The summed E-state index contributed by atoms with van der Waals surface area (Å²) in [6.45, 7) is 8.22. The predicted octanol–water partition coefficient (Wildman–Crippen LogP) is 7.57. The fraction of sp³-hybridized carbons (Fsp3) is 0.560. The standard InChI is InChI=1S/C50H64N8O8/c1-29(2)42(55-48(61)63-4)47(60)58-39-9-6-8-35(39)23-40(58)44-51-25-37(53-44)33-14-10-31(11-15-33)32-12-16-34(17-13-32)38-26-52-45(54-38)41-24-50(19-7-20-65-28-50)27-57(41)46(59)43(56-49(62)64-5)36-18-21-66-30(3)22-36/h10-17,25-26,29-30,35-36,39-43H,6-9,18-24,27-28H2,1-5H3,(H,51,53)(H,52,54)(H,55,61)(H,56,62)/t30-,35+,36?,39+,40+,41+,42+,43+,50+/m1/s1. The number of ether oxygens (including phenoxy) is 4. The van der Waals surface area contributed by atoms with Crippen LogP contribution in [0.3, 0.4) is 0 Å². The van der Waals surface area contributed by atoms with Crippen LogP contribution in [0.15, 0.2) is 60.9 Å². The summed E-state index contributed by atoms with van der Waals surface area (Å²) in [6.07, 6.45) is 10.3. The minimum absolute atomic E-state index is 0.0156. The second-order valence-electron chi connectivity index (χ2n) is 19.6. The lowest BCUT2D eigenvalue weighted by molar-refractivity contribution is -0.138. The Balaban J connectivity index is 0.898. The molecule has 6 heterocycles. The van der Waals surface area contributed by atoms with Gasteiger partial charge in [-0.1, -0.05) is 68.8 Å². The smallest absolute Gasteiger partial charge is 0.407 e. The van der Waals surface area contributed by atoms with Gasteiger partial charge in [-0.15, -0.1) is 0 Å².